The molecule has 30 heavy (non-hydrogen) atoms. The summed E-state index contributed by atoms with van der Waals surface area (Å²) in [6, 6.07) is 10.5. The van der Waals surface area contributed by atoms with Crippen molar-refractivity contribution in [1.29, 1.82) is 0 Å². The van der Waals surface area contributed by atoms with Gasteiger partial charge in [0.25, 0.3) is 0 Å². The van der Waals surface area contributed by atoms with Gasteiger partial charge in [0, 0.05) is 65.3 Å². The summed E-state index contributed by atoms with van der Waals surface area (Å²) >= 11 is 0. The molecule has 0 radical (unpaired) electrons. The first-order chi connectivity index (χ1) is 14.2. The van der Waals surface area contributed by atoms with E-state index < -0.39 is 0 Å². The van der Waals surface area contributed by atoms with Gasteiger partial charge in [0.05, 0.1) is 6.54 Å². The molecule has 0 bridgehead atoms. The molecule has 7 nitrogen and oxygen atoms in total. The Morgan fingerprint density at radius 3 is 2.40 bits per heavy atom. The zero-order valence-electron chi connectivity index (χ0n) is 18.3. The van der Waals surface area contributed by atoms with Gasteiger partial charge in [-0.1, -0.05) is 29.8 Å². The molecule has 0 saturated carbocycles. The van der Waals surface area contributed by atoms with Gasteiger partial charge in [0.2, 0.25) is 5.95 Å². The van der Waals surface area contributed by atoms with Crippen LogP contribution in [0, 0.1) is 6.92 Å². The highest BCUT2D eigenvalue weighted by Gasteiger charge is 2.18. The molecule has 0 unspecified atom stereocenters. The first-order valence-corrected chi connectivity index (χ1v) is 10.4. The Labute approximate surface area is 197 Å². The fourth-order valence-electron chi connectivity index (χ4n) is 3.44. The van der Waals surface area contributed by atoms with Crippen molar-refractivity contribution < 1.29 is 0 Å². The molecule has 0 amide bonds. The number of aromatic nitrogens is 2. The molecule has 2 heterocycles. The molecule has 0 aliphatic carbocycles. The second kappa shape index (κ2) is 12.7. The Bertz CT molecular complexity index is 759. The van der Waals surface area contributed by atoms with Crippen LogP contribution in [0.15, 0.2) is 47.7 Å². The number of rotatable bonds is 7. The Kier molecular flexibility index (Phi) is 10.3. The Hall–Kier alpha value is -1.94. The smallest absolute Gasteiger partial charge is 0.225 e. The minimum absolute atomic E-state index is 0. The third-order valence-electron chi connectivity index (χ3n) is 5.12. The fourth-order valence-corrected chi connectivity index (χ4v) is 3.44. The number of nitrogens with one attached hydrogen (secondary N) is 1. The van der Waals surface area contributed by atoms with Crippen LogP contribution in [0.3, 0.4) is 0 Å². The van der Waals surface area contributed by atoms with Crippen molar-refractivity contribution in [3.63, 3.8) is 0 Å². The van der Waals surface area contributed by atoms with E-state index in [1.807, 2.05) is 6.07 Å². The lowest BCUT2D eigenvalue weighted by Gasteiger charge is -2.34. The lowest BCUT2D eigenvalue weighted by molar-refractivity contribution is 0.263. The zero-order chi connectivity index (χ0) is 20.5. The van der Waals surface area contributed by atoms with Crippen molar-refractivity contribution >= 4 is 35.9 Å². The zero-order valence-corrected chi connectivity index (χ0v) is 20.6. The van der Waals surface area contributed by atoms with E-state index in [1.54, 1.807) is 12.4 Å². The van der Waals surface area contributed by atoms with Crippen LogP contribution in [0.25, 0.3) is 0 Å². The minimum Gasteiger partial charge on any atom is -0.357 e. The number of nitrogens with zero attached hydrogens (tertiary/aromatic N) is 6. The largest absolute Gasteiger partial charge is 0.357 e. The number of aliphatic imine (C=N–C) groups is 1. The van der Waals surface area contributed by atoms with Gasteiger partial charge in [0.1, 0.15) is 0 Å². The first kappa shape index (κ1) is 24.3. The lowest BCUT2D eigenvalue weighted by atomic mass is 10.1. The normalized spacial score (nSPS) is 14.9. The lowest BCUT2D eigenvalue weighted by Crippen LogP contribution is -2.47. The molecule has 2 aromatic rings. The van der Waals surface area contributed by atoms with Crippen molar-refractivity contribution in [3.05, 3.63) is 53.9 Å². The minimum atomic E-state index is 0. The molecule has 3 rings (SSSR count). The van der Waals surface area contributed by atoms with E-state index in [1.165, 1.54) is 11.1 Å². The third-order valence-corrected chi connectivity index (χ3v) is 5.12. The van der Waals surface area contributed by atoms with Crippen LogP contribution in [0.1, 0.15) is 18.1 Å². The van der Waals surface area contributed by atoms with Gasteiger partial charge in [-0.25, -0.2) is 9.97 Å². The fraction of sp³-hybridized carbons (Fsp3) is 0.500. The number of hydrogen-bond acceptors (Lipinski definition) is 5. The molecule has 0 spiro atoms. The van der Waals surface area contributed by atoms with Crippen LogP contribution >= 0.6 is 24.0 Å². The Balaban J connectivity index is 0.00000320. The summed E-state index contributed by atoms with van der Waals surface area (Å²) in [6.45, 7) is 11.7. The van der Waals surface area contributed by atoms with Gasteiger partial charge in [-0.15, -0.1) is 24.0 Å². The van der Waals surface area contributed by atoms with E-state index >= 15 is 0 Å². The van der Waals surface area contributed by atoms with Crippen LogP contribution in [-0.4, -0.2) is 78.6 Å². The van der Waals surface area contributed by atoms with Gasteiger partial charge in [-0.3, -0.25) is 9.89 Å². The highest BCUT2D eigenvalue weighted by molar-refractivity contribution is 14.0. The SMILES string of the molecule is CCNC(=NCCN1CCN(c2ncccn2)CC1)N(C)Cc1ccc(C)cc1.I. The van der Waals surface area contributed by atoms with Gasteiger partial charge in [0.15, 0.2) is 5.96 Å². The van der Waals surface area contributed by atoms with E-state index in [9.17, 15) is 0 Å². The van der Waals surface area contributed by atoms with Crippen LogP contribution in [0.4, 0.5) is 5.95 Å². The summed E-state index contributed by atoms with van der Waals surface area (Å²) in [5.74, 6) is 1.79. The second-order valence-corrected chi connectivity index (χ2v) is 7.45. The van der Waals surface area contributed by atoms with Crippen LogP contribution in [-0.2, 0) is 6.54 Å². The maximum absolute atomic E-state index is 4.85. The van der Waals surface area contributed by atoms with E-state index in [-0.39, 0.29) is 24.0 Å². The molecule has 0 atom stereocenters. The second-order valence-electron chi connectivity index (χ2n) is 7.45. The van der Waals surface area contributed by atoms with Gasteiger partial charge < -0.3 is 15.1 Å². The molecule has 1 aliphatic rings. The van der Waals surface area contributed by atoms with E-state index in [2.05, 4.69) is 75.1 Å². The average Bonchev–Trinajstić information content (AvgIpc) is 2.76. The molecular formula is C22H34IN7. The van der Waals surface area contributed by atoms with Crippen molar-refractivity contribution in [1.82, 2.24) is 25.1 Å². The number of piperazine rings is 1. The van der Waals surface area contributed by atoms with Crippen molar-refractivity contribution in [2.45, 2.75) is 20.4 Å². The predicted molar refractivity (Wildman–Crippen MR) is 135 cm³/mol. The van der Waals surface area contributed by atoms with E-state index in [4.69, 9.17) is 4.99 Å². The van der Waals surface area contributed by atoms with E-state index in [0.29, 0.717) is 0 Å². The topological polar surface area (TPSA) is 59.9 Å². The quantitative estimate of drug-likeness (QED) is 0.342. The summed E-state index contributed by atoms with van der Waals surface area (Å²) in [5.41, 5.74) is 2.58. The summed E-state index contributed by atoms with van der Waals surface area (Å²) in [4.78, 5) is 20.5. The summed E-state index contributed by atoms with van der Waals surface area (Å²) in [5, 5.41) is 3.41. The third kappa shape index (κ3) is 7.39. The molecule has 164 valence electrons. The van der Waals surface area contributed by atoms with Crippen LogP contribution in [0.5, 0.6) is 0 Å². The van der Waals surface area contributed by atoms with Gasteiger partial charge in [-0.05, 0) is 25.5 Å². The number of halogens is 1. The van der Waals surface area contributed by atoms with E-state index in [0.717, 1.165) is 64.3 Å². The molecule has 1 aromatic carbocycles. The molecule has 1 saturated heterocycles. The highest BCUT2D eigenvalue weighted by atomic mass is 127. The Morgan fingerprint density at radius 2 is 1.77 bits per heavy atom. The number of aryl methyl sites for hydroxylation is 1. The van der Waals surface area contributed by atoms with Crippen molar-refractivity contribution in [2.24, 2.45) is 4.99 Å². The van der Waals surface area contributed by atoms with Crippen molar-refractivity contribution in [2.75, 3.05) is 57.8 Å². The first-order valence-electron chi connectivity index (χ1n) is 10.4. The molecule has 1 N–H and O–H groups in total. The molecule has 8 heteroatoms. The van der Waals surface area contributed by atoms with Crippen LogP contribution in [0.2, 0.25) is 0 Å². The van der Waals surface area contributed by atoms with Gasteiger partial charge >= 0.3 is 0 Å². The standard InChI is InChI=1S/C22H33N7.HI/c1-4-23-21(27(3)18-20-8-6-19(2)7-9-20)26-12-13-28-14-16-29(17-15-28)22-24-10-5-11-25-22;/h5-11H,4,12-18H2,1-3H3,(H,23,26);1H. The number of anilines is 1. The molecular weight excluding hydrogens is 489 g/mol. The average molecular weight is 523 g/mol. The highest BCUT2D eigenvalue weighted by Crippen LogP contribution is 2.09. The van der Waals surface area contributed by atoms with Crippen LogP contribution < -0.4 is 10.2 Å². The predicted octanol–water partition coefficient (Wildman–Crippen LogP) is 2.62. The van der Waals surface area contributed by atoms with Crippen molar-refractivity contribution in [3.8, 4) is 0 Å². The maximum atomic E-state index is 4.85. The summed E-state index contributed by atoms with van der Waals surface area (Å²) in [7, 11) is 2.10. The molecule has 1 fully saturated rings. The summed E-state index contributed by atoms with van der Waals surface area (Å²) in [6.07, 6.45) is 3.61. The number of guanidine groups is 1. The Morgan fingerprint density at radius 1 is 1.10 bits per heavy atom. The molecule has 1 aromatic heterocycles. The maximum Gasteiger partial charge on any atom is 0.225 e. The summed E-state index contributed by atoms with van der Waals surface area (Å²) < 4.78 is 0. The molecule has 1 aliphatic heterocycles. The van der Waals surface area contributed by atoms with Gasteiger partial charge in [-0.2, -0.15) is 0 Å². The number of hydrogen-bond donors (Lipinski definition) is 1. The number of benzene rings is 1. The monoisotopic (exact) mass is 523 g/mol.